The predicted octanol–water partition coefficient (Wildman–Crippen LogP) is 2.39. The topological polar surface area (TPSA) is 54.0 Å². The Kier molecular flexibility index (Phi) is 2.71. The minimum absolute atomic E-state index is 0.0948. The zero-order valence-electron chi connectivity index (χ0n) is 9.78. The lowest BCUT2D eigenvalue weighted by atomic mass is 9.83. The Balaban J connectivity index is 1.81. The van der Waals surface area contributed by atoms with Gasteiger partial charge in [-0.05, 0) is 30.9 Å². The summed E-state index contributed by atoms with van der Waals surface area (Å²) in [5.74, 6) is 1.36. The summed E-state index contributed by atoms with van der Waals surface area (Å²) in [6, 6.07) is 3.61. The SMILES string of the molecule is O=C1Nc2cccnc2NC1C1CCCCC1. The van der Waals surface area contributed by atoms with Gasteiger partial charge < -0.3 is 10.6 Å². The average molecular weight is 231 g/mol. The lowest BCUT2D eigenvalue weighted by Crippen LogP contribution is -2.45. The first kappa shape index (κ1) is 10.6. The molecule has 1 aromatic heterocycles. The van der Waals surface area contributed by atoms with Crippen LogP contribution in [0.4, 0.5) is 11.5 Å². The zero-order valence-corrected chi connectivity index (χ0v) is 9.78. The third-order valence-corrected chi connectivity index (χ3v) is 3.76. The predicted molar refractivity (Wildman–Crippen MR) is 66.9 cm³/mol. The molecule has 1 aliphatic carbocycles. The van der Waals surface area contributed by atoms with Crippen molar-refractivity contribution in [3.63, 3.8) is 0 Å². The fourth-order valence-electron chi connectivity index (χ4n) is 2.84. The van der Waals surface area contributed by atoms with E-state index < -0.39 is 0 Å². The van der Waals surface area contributed by atoms with Crippen LogP contribution in [0.3, 0.4) is 0 Å². The van der Waals surface area contributed by atoms with Gasteiger partial charge >= 0.3 is 0 Å². The summed E-state index contributed by atoms with van der Waals surface area (Å²) in [4.78, 5) is 16.3. The van der Waals surface area contributed by atoms with E-state index in [9.17, 15) is 4.79 Å². The third kappa shape index (κ3) is 1.99. The van der Waals surface area contributed by atoms with Gasteiger partial charge in [0.05, 0.1) is 5.69 Å². The Morgan fingerprint density at radius 2 is 2.06 bits per heavy atom. The molecule has 0 saturated heterocycles. The van der Waals surface area contributed by atoms with Crippen molar-refractivity contribution in [2.75, 3.05) is 10.6 Å². The van der Waals surface area contributed by atoms with E-state index >= 15 is 0 Å². The van der Waals surface area contributed by atoms with E-state index in [0.29, 0.717) is 5.92 Å². The number of nitrogens with zero attached hydrogens (tertiary/aromatic N) is 1. The molecule has 0 spiro atoms. The van der Waals surface area contributed by atoms with Gasteiger partial charge in [0.2, 0.25) is 5.91 Å². The van der Waals surface area contributed by atoms with Crippen molar-refractivity contribution >= 4 is 17.4 Å². The van der Waals surface area contributed by atoms with E-state index in [-0.39, 0.29) is 11.9 Å². The second kappa shape index (κ2) is 4.35. The molecule has 2 heterocycles. The number of pyridine rings is 1. The van der Waals surface area contributed by atoms with Crippen LogP contribution in [0.25, 0.3) is 0 Å². The number of amides is 1. The molecule has 1 amide bonds. The number of fused-ring (bicyclic) bond motifs is 1. The van der Waals surface area contributed by atoms with Gasteiger partial charge in [0.1, 0.15) is 11.9 Å². The summed E-state index contributed by atoms with van der Waals surface area (Å²) in [5, 5.41) is 6.24. The number of carbonyl (C=O) groups is 1. The summed E-state index contributed by atoms with van der Waals surface area (Å²) in [6.07, 6.45) is 7.83. The quantitative estimate of drug-likeness (QED) is 0.780. The van der Waals surface area contributed by atoms with Crippen LogP contribution in [0, 0.1) is 5.92 Å². The van der Waals surface area contributed by atoms with Crippen LogP contribution < -0.4 is 10.6 Å². The molecule has 1 aliphatic heterocycles. The van der Waals surface area contributed by atoms with Crippen LogP contribution >= 0.6 is 0 Å². The Hall–Kier alpha value is -1.58. The molecule has 1 fully saturated rings. The van der Waals surface area contributed by atoms with Crippen molar-refractivity contribution in [1.29, 1.82) is 0 Å². The Morgan fingerprint density at radius 1 is 1.24 bits per heavy atom. The standard InChI is InChI=1S/C13H17N3O/c17-13-11(9-5-2-1-3-6-9)16-12-10(15-13)7-4-8-14-12/h4,7-9,11H,1-3,5-6H2,(H,14,16)(H,15,17). The fraction of sp³-hybridized carbons (Fsp3) is 0.538. The summed E-state index contributed by atoms with van der Waals surface area (Å²) < 4.78 is 0. The normalized spacial score (nSPS) is 24.7. The lowest BCUT2D eigenvalue weighted by Gasteiger charge is -2.33. The number of hydrogen-bond donors (Lipinski definition) is 2. The van der Waals surface area contributed by atoms with Gasteiger partial charge in [0, 0.05) is 6.20 Å². The molecule has 17 heavy (non-hydrogen) atoms. The molecular weight excluding hydrogens is 214 g/mol. The van der Waals surface area contributed by atoms with Crippen LogP contribution in [0.5, 0.6) is 0 Å². The number of anilines is 2. The smallest absolute Gasteiger partial charge is 0.247 e. The molecule has 2 N–H and O–H groups in total. The minimum Gasteiger partial charge on any atom is -0.356 e. The highest BCUT2D eigenvalue weighted by molar-refractivity contribution is 6.02. The van der Waals surface area contributed by atoms with Crippen LogP contribution in [-0.2, 0) is 4.79 Å². The summed E-state index contributed by atoms with van der Waals surface area (Å²) in [7, 11) is 0. The van der Waals surface area contributed by atoms with Crippen molar-refractivity contribution in [2.24, 2.45) is 5.92 Å². The second-order valence-electron chi connectivity index (χ2n) is 4.91. The lowest BCUT2D eigenvalue weighted by molar-refractivity contribution is -0.118. The average Bonchev–Trinajstić information content (AvgIpc) is 2.39. The van der Waals surface area contributed by atoms with Crippen LogP contribution in [0.15, 0.2) is 18.3 Å². The van der Waals surface area contributed by atoms with E-state index in [1.807, 2.05) is 12.1 Å². The Morgan fingerprint density at radius 3 is 2.88 bits per heavy atom. The van der Waals surface area contributed by atoms with Crippen molar-refractivity contribution in [1.82, 2.24) is 4.98 Å². The minimum atomic E-state index is -0.0994. The van der Waals surface area contributed by atoms with Crippen molar-refractivity contribution in [2.45, 2.75) is 38.1 Å². The highest BCUT2D eigenvalue weighted by atomic mass is 16.2. The molecule has 2 aliphatic rings. The third-order valence-electron chi connectivity index (χ3n) is 3.76. The summed E-state index contributed by atoms with van der Waals surface area (Å²) >= 11 is 0. The van der Waals surface area contributed by atoms with Gasteiger partial charge in [0.25, 0.3) is 0 Å². The monoisotopic (exact) mass is 231 g/mol. The number of hydrogen-bond acceptors (Lipinski definition) is 3. The fourth-order valence-corrected chi connectivity index (χ4v) is 2.84. The highest BCUT2D eigenvalue weighted by Gasteiger charge is 2.33. The van der Waals surface area contributed by atoms with E-state index in [2.05, 4.69) is 15.6 Å². The first-order chi connectivity index (χ1) is 8.34. The van der Waals surface area contributed by atoms with Gasteiger partial charge in [-0.25, -0.2) is 4.98 Å². The maximum absolute atomic E-state index is 12.1. The van der Waals surface area contributed by atoms with E-state index in [1.165, 1.54) is 19.3 Å². The van der Waals surface area contributed by atoms with Crippen molar-refractivity contribution in [3.05, 3.63) is 18.3 Å². The van der Waals surface area contributed by atoms with Gasteiger partial charge in [0.15, 0.2) is 0 Å². The molecule has 1 aromatic rings. The molecule has 0 bridgehead atoms. The van der Waals surface area contributed by atoms with Gasteiger partial charge in [-0.1, -0.05) is 19.3 Å². The van der Waals surface area contributed by atoms with Crippen molar-refractivity contribution < 1.29 is 4.79 Å². The van der Waals surface area contributed by atoms with E-state index in [0.717, 1.165) is 24.3 Å². The highest BCUT2D eigenvalue weighted by Crippen LogP contribution is 2.32. The van der Waals surface area contributed by atoms with Gasteiger partial charge in [-0.3, -0.25) is 4.79 Å². The number of aromatic nitrogens is 1. The van der Waals surface area contributed by atoms with Crippen molar-refractivity contribution in [3.8, 4) is 0 Å². The number of carbonyl (C=O) groups excluding carboxylic acids is 1. The molecule has 4 heteroatoms. The van der Waals surface area contributed by atoms with E-state index in [1.54, 1.807) is 6.20 Å². The van der Waals surface area contributed by atoms with E-state index in [4.69, 9.17) is 0 Å². The van der Waals surface area contributed by atoms with Crippen LogP contribution in [0.1, 0.15) is 32.1 Å². The van der Waals surface area contributed by atoms with Crippen LogP contribution in [0.2, 0.25) is 0 Å². The molecule has 1 unspecified atom stereocenters. The number of rotatable bonds is 1. The van der Waals surface area contributed by atoms with Crippen LogP contribution in [-0.4, -0.2) is 16.9 Å². The molecule has 3 rings (SSSR count). The second-order valence-corrected chi connectivity index (χ2v) is 4.91. The summed E-state index contributed by atoms with van der Waals surface area (Å²) in [6.45, 7) is 0. The first-order valence-corrected chi connectivity index (χ1v) is 6.37. The molecular formula is C13H17N3O. The Labute approximate surface area is 101 Å². The number of nitrogens with one attached hydrogen (secondary N) is 2. The Bertz CT molecular complexity index is 426. The maximum Gasteiger partial charge on any atom is 0.247 e. The first-order valence-electron chi connectivity index (χ1n) is 6.37. The molecule has 1 atom stereocenters. The molecule has 4 nitrogen and oxygen atoms in total. The zero-order chi connectivity index (χ0) is 11.7. The largest absolute Gasteiger partial charge is 0.356 e. The molecule has 90 valence electrons. The van der Waals surface area contributed by atoms with Gasteiger partial charge in [-0.15, -0.1) is 0 Å². The molecule has 0 radical (unpaired) electrons. The van der Waals surface area contributed by atoms with Gasteiger partial charge in [-0.2, -0.15) is 0 Å². The maximum atomic E-state index is 12.1. The summed E-state index contributed by atoms with van der Waals surface area (Å²) in [5.41, 5.74) is 0.796. The molecule has 1 saturated carbocycles. The molecule has 0 aromatic carbocycles.